The molecule has 0 aromatic rings. The number of likely N-dealkylation sites (N-methyl/N-ethyl adjacent to an activating group) is 1. The van der Waals surface area contributed by atoms with Crippen LogP contribution in [0.1, 0.15) is 113 Å². The molecule has 3 heteroatoms. The first-order valence-electron chi connectivity index (χ1n) is 16.0. The van der Waals surface area contributed by atoms with Crippen LogP contribution in [-0.2, 0) is 9.53 Å². The van der Waals surface area contributed by atoms with Crippen LogP contribution in [0.15, 0.2) is 12.2 Å². The molecule has 5 saturated carbocycles. The number of carbonyl (C=O) groups excluding carboxylic acids is 1. The minimum atomic E-state index is -0.0262. The number of esters is 1. The first-order valence-corrected chi connectivity index (χ1v) is 16.0. The zero-order valence-corrected chi connectivity index (χ0v) is 26.7. The predicted octanol–water partition coefficient (Wildman–Crippen LogP) is 8.28. The summed E-state index contributed by atoms with van der Waals surface area (Å²) in [6, 6.07) is 0. The van der Waals surface area contributed by atoms with Crippen LogP contribution >= 0.6 is 0 Å². The van der Waals surface area contributed by atoms with Gasteiger partial charge in [-0.2, -0.15) is 0 Å². The highest BCUT2D eigenvalue weighted by molar-refractivity contribution is 5.70. The molecule has 1 unspecified atom stereocenters. The van der Waals surface area contributed by atoms with Gasteiger partial charge in [-0.1, -0.05) is 53.7 Å². The van der Waals surface area contributed by atoms with Crippen LogP contribution in [0, 0.1) is 56.7 Å². The van der Waals surface area contributed by atoms with E-state index in [2.05, 4.69) is 76.2 Å². The lowest BCUT2D eigenvalue weighted by Gasteiger charge is -2.73. The van der Waals surface area contributed by atoms with Crippen molar-refractivity contribution >= 4 is 5.97 Å². The molecule has 0 saturated heterocycles. The molecular formula is C35H60NO2+. The van der Waals surface area contributed by atoms with Crippen molar-refractivity contribution in [1.29, 1.82) is 0 Å². The van der Waals surface area contributed by atoms with Crippen LogP contribution in [0.25, 0.3) is 0 Å². The van der Waals surface area contributed by atoms with Crippen LogP contribution in [-0.4, -0.2) is 44.2 Å². The van der Waals surface area contributed by atoms with Crippen molar-refractivity contribution in [2.45, 2.75) is 119 Å². The summed E-state index contributed by atoms with van der Waals surface area (Å²) in [4.78, 5) is 12.9. The van der Waals surface area contributed by atoms with E-state index in [4.69, 9.17) is 4.74 Å². The second kappa shape index (κ2) is 8.83. The molecule has 0 heterocycles. The Kier molecular flexibility index (Phi) is 6.67. The summed E-state index contributed by atoms with van der Waals surface area (Å²) in [7, 11) is 6.21. The van der Waals surface area contributed by atoms with E-state index >= 15 is 0 Å². The Morgan fingerprint density at radius 3 is 2.13 bits per heavy atom. The monoisotopic (exact) mass is 526 g/mol. The zero-order chi connectivity index (χ0) is 28.1. The number of hydrogen-bond acceptors (Lipinski definition) is 2. The van der Waals surface area contributed by atoms with Gasteiger partial charge >= 0.3 is 5.97 Å². The topological polar surface area (TPSA) is 26.3 Å². The standard InChI is InChI=1S/C35H60NO2/c1-23(2)24-14-17-32(5)20-21-34(7)25(30(24)32)12-13-27-33(6)18-16-28(38-29(37)22-36(9,10)11)31(3,4)26(33)15-19-35(27,34)8/h24-28,30H,1,12-22H2,2-11H3/q+1/t24-,25+,26-,27?,28-,30+,32+,33-,34+,35+/m0/s1. The third kappa shape index (κ3) is 4.01. The SMILES string of the molecule is C=C(C)[C@@H]1CC[C@]2(C)CC[C@]3(C)[C@H](CCC4[C@@]5(C)CC[C@H](OC(=O)C[N+](C)(C)C)C(C)(C)[C@@H]5CC[C@]43C)[C@@H]12. The Bertz CT molecular complexity index is 977. The molecular weight excluding hydrogens is 466 g/mol. The molecule has 0 amide bonds. The molecule has 0 aromatic heterocycles. The summed E-state index contributed by atoms with van der Waals surface area (Å²) in [5.74, 6) is 3.76. The number of fused-ring (bicyclic) bond motifs is 7. The molecule has 0 aromatic carbocycles. The van der Waals surface area contributed by atoms with Gasteiger partial charge in [-0.25, -0.2) is 4.79 Å². The van der Waals surface area contributed by atoms with Gasteiger partial charge in [0.15, 0.2) is 6.54 Å². The highest BCUT2D eigenvalue weighted by Crippen LogP contribution is 2.77. The Balaban J connectivity index is 1.42. The fraction of sp³-hybridized carbons (Fsp3) is 0.914. The van der Waals surface area contributed by atoms with E-state index in [-0.39, 0.29) is 17.5 Å². The summed E-state index contributed by atoms with van der Waals surface area (Å²) in [6.45, 7) is 22.9. The molecule has 216 valence electrons. The fourth-order valence-electron chi connectivity index (χ4n) is 12.3. The van der Waals surface area contributed by atoms with Crippen molar-refractivity contribution in [3.05, 3.63) is 12.2 Å². The van der Waals surface area contributed by atoms with E-state index in [9.17, 15) is 4.79 Å². The molecule has 0 N–H and O–H groups in total. The first-order chi connectivity index (χ1) is 17.4. The maximum absolute atomic E-state index is 12.9. The average Bonchev–Trinajstić information content (AvgIpc) is 3.13. The van der Waals surface area contributed by atoms with Gasteiger partial charge in [0.25, 0.3) is 0 Å². The molecule has 0 spiro atoms. The largest absolute Gasteiger partial charge is 0.458 e. The summed E-state index contributed by atoms with van der Waals surface area (Å²) < 4.78 is 6.90. The minimum Gasteiger partial charge on any atom is -0.458 e. The highest BCUT2D eigenvalue weighted by Gasteiger charge is 2.70. The van der Waals surface area contributed by atoms with Crippen LogP contribution in [0.3, 0.4) is 0 Å². The fourth-order valence-corrected chi connectivity index (χ4v) is 12.3. The lowest BCUT2D eigenvalue weighted by molar-refractivity contribution is -0.862. The maximum Gasteiger partial charge on any atom is 0.362 e. The quantitative estimate of drug-likeness (QED) is 0.209. The lowest BCUT2D eigenvalue weighted by atomic mass is 9.32. The first kappa shape index (κ1) is 28.7. The van der Waals surface area contributed by atoms with Crippen LogP contribution < -0.4 is 0 Å². The van der Waals surface area contributed by atoms with E-state index in [1.807, 2.05) is 0 Å². The van der Waals surface area contributed by atoms with E-state index < -0.39 is 0 Å². The molecule has 0 bridgehead atoms. The van der Waals surface area contributed by atoms with Crippen LogP contribution in [0.4, 0.5) is 0 Å². The summed E-state index contributed by atoms with van der Waals surface area (Å²) in [5.41, 5.74) is 3.14. The Morgan fingerprint density at radius 1 is 0.816 bits per heavy atom. The molecule has 3 nitrogen and oxygen atoms in total. The number of nitrogens with zero attached hydrogens (tertiary/aromatic N) is 1. The van der Waals surface area contributed by atoms with Crippen molar-refractivity contribution in [3.8, 4) is 0 Å². The van der Waals surface area contributed by atoms with Gasteiger partial charge < -0.3 is 9.22 Å². The highest BCUT2D eigenvalue weighted by atomic mass is 16.5. The average molecular weight is 527 g/mol. The van der Waals surface area contributed by atoms with E-state index in [0.29, 0.717) is 38.6 Å². The molecule has 5 aliphatic carbocycles. The molecule has 5 fully saturated rings. The van der Waals surface area contributed by atoms with Gasteiger partial charge in [0.05, 0.1) is 21.1 Å². The third-order valence-electron chi connectivity index (χ3n) is 14.3. The lowest BCUT2D eigenvalue weighted by Crippen LogP contribution is -2.66. The minimum absolute atomic E-state index is 0.0221. The second-order valence-electron chi connectivity index (χ2n) is 17.6. The van der Waals surface area contributed by atoms with Crippen molar-refractivity contribution in [2.75, 3.05) is 27.7 Å². The van der Waals surface area contributed by atoms with Gasteiger partial charge in [-0.05, 0) is 122 Å². The number of rotatable bonds is 4. The van der Waals surface area contributed by atoms with Crippen LogP contribution in [0.5, 0.6) is 0 Å². The van der Waals surface area contributed by atoms with Crippen LogP contribution in [0.2, 0.25) is 0 Å². The predicted molar refractivity (Wildman–Crippen MR) is 157 cm³/mol. The molecule has 38 heavy (non-hydrogen) atoms. The van der Waals surface area contributed by atoms with Gasteiger partial charge in [-0.15, -0.1) is 0 Å². The molecule has 5 rings (SSSR count). The van der Waals surface area contributed by atoms with Crippen molar-refractivity contribution in [1.82, 2.24) is 0 Å². The Hall–Kier alpha value is -0.830. The number of carbonyl (C=O) groups is 1. The molecule has 0 aliphatic heterocycles. The Labute approximate surface area is 235 Å². The smallest absolute Gasteiger partial charge is 0.362 e. The normalized spacial score (nSPS) is 49.7. The van der Waals surface area contributed by atoms with Gasteiger partial charge in [0.2, 0.25) is 0 Å². The van der Waals surface area contributed by atoms with Crippen molar-refractivity contribution in [3.63, 3.8) is 0 Å². The number of hydrogen-bond donors (Lipinski definition) is 0. The zero-order valence-electron chi connectivity index (χ0n) is 26.7. The van der Waals surface area contributed by atoms with E-state index in [1.165, 1.54) is 63.4 Å². The molecule has 0 radical (unpaired) electrons. The summed E-state index contributed by atoms with van der Waals surface area (Å²) in [5, 5.41) is 0. The summed E-state index contributed by atoms with van der Waals surface area (Å²) >= 11 is 0. The third-order valence-corrected chi connectivity index (χ3v) is 14.3. The second-order valence-corrected chi connectivity index (χ2v) is 17.6. The maximum atomic E-state index is 12.9. The number of quaternary nitrogens is 1. The van der Waals surface area contributed by atoms with E-state index in [1.54, 1.807) is 0 Å². The summed E-state index contributed by atoms with van der Waals surface area (Å²) in [6.07, 6.45) is 13.3. The number of allylic oxidation sites excluding steroid dienone is 1. The molecule has 10 atom stereocenters. The Morgan fingerprint density at radius 2 is 1.50 bits per heavy atom. The van der Waals surface area contributed by atoms with Gasteiger partial charge in [-0.3, -0.25) is 0 Å². The van der Waals surface area contributed by atoms with Crippen molar-refractivity contribution in [2.24, 2.45) is 56.7 Å². The van der Waals surface area contributed by atoms with Gasteiger partial charge in [0.1, 0.15) is 6.10 Å². The molecule has 5 aliphatic rings. The van der Waals surface area contributed by atoms with Crippen molar-refractivity contribution < 1.29 is 14.0 Å². The number of ether oxygens (including phenoxy) is 1. The van der Waals surface area contributed by atoms with E-state index in [0.717, 1.165) is 30.1 Å². The van der Waals surface area contributed by atoms with Gasteiger partial charge in [0, 0.05) is 5.41 Å².